The fourth-order valence-electron chi connectivity index (χ4n) is 0.842. The summed E-state index contributed by atoms with van der Waals surface area (Å²) >= 11 is 0. The van der Waals surface area contributed by atoms with Crippen molar-refractivity contribution < 1.29 is 14.6 Å². The molecule has 0 aromatic carbocycles. The Hall–Kier alpha value is 0.0564. The average molecular weight is 206 g/mol. The van der Waals surface area contributed by atoms with E-state index >= 15 is 0 Å². The number of aromatic carboxylic acids is 1. The summed E-state index contributed by atoms with van der Waals surface area (Å²) in [4.78, 5) is 14.2. The summed E-state index contributed by atoms with van der Waals surface area (Å²) in [5.41, 5.74) is 0.819. The van der Waals surface area contributed by atoms with E-state index in [9.17, 15) is 4.79 Å². The molecule has 0 bridgehead atoms. The number of rotatable bonds is 2. The van der Waals surface area contributed by atoms with Crippen LogP contribution < -0.4 is 4.74 Å². The van der Waals surface area contributed by atoms with Gasteiger partial charge in [-0.3, -0.25) is 0 Å². The molecule has 0 aliphatic carbocycles. The van der Waals surface area contributed by atoms with Crippen LogP contribution >= 0.6 is 0 Å². The Bertz CT molecular complexity index is 314. The van der Waals surface area contributed by atoms with Crippen molar-refractivity contribution in [3.63, 3.8) is 0 Å². The molecule has 0 saturated carbocycles. The van der Waals surface area contributed by atoms with Crippen LogP contribution in [-0.4, -0.2) is 74.6 Å². The van der Waals surface area contributed by atoms with E-state index < -0.39 is 5.97 Å². The van der Waals surface area contributed by atoms with Crippen LogP contribution in [0.2, 0.25) is 0 Å². The van der Waals surface area contributed by atoms with Gasteiger partial charge in [0.1, 0.15) is 5.75 Å². The second-order valence-corrected chi connectivity index (χ2v) is 2.34. The predicted molar refractivity (Wildman–Crippen MR) is 48.2 cm³/mol. The molecule has 13 heavy (non-hydrogen) atoms. The maximum atomic E-state index is 10.5. The quantitative estimate of drug-likeness (QED) is 0.724. The van der Waals surface area contributed by atoms with Crippen molar-refractivity contribution >= 4 is 57.4 Å². The van der Waals surface area contributed by atoms with Gasteiger partial charge in [-0.1, -0.05) is 0 Å². The average Bonchev–Trinajstić information content (AvgIpc) is 2.05. The van der Waals surface area contributed by atoms with Crippen molar-refractivity contribution in [2.24, 2.45) is 0 Å². The smallest absolute Gasteiger partial charge is 0.354 e. The Morgan fingerprint density at radius 1 is 1.62 bits per heavy atom. The largest absolute Gasteiger partial charge is 0.496 e. The standard InChI is InChI=1S/C8H9NO3.K/c1-5-4-9-6(8(10)11)3-7(5)12-2;/h3-4H,1-2H3,(H,10,11);. The number of carboxylic acids is 1. The Labute approximate surface area is 119 Å². The molecule has 0 aliphatic rings. The van der Waals surface area contributed by atoms with Crippen LogP contribution in [0, 0.1) is 6.92 Å². The molecule has 0 aliphatic heterocycles. The van der Waals surface area contributed by atoms with Crippen molar-refractivity contribution in [1.82, 2.24) is 4.98 Å². The van der Waals surface area contributed by atoms with Gasteiger partial charge in [0, 0.05) is 69.2 Å². The van der Waals surface area contributed by atoms with E-state index in [1.165, 1.54) is 19.4 Å². The normalized spacial score (nSPS) is 8.77. The van der Waals surface area contributed by atoms with Gasteiger partial charge in [-0.15, -0.1) is 0 Å². The third kappa shape index (κ3) is 3.36. The molecule has 1 N–H and O–H groups in total. The van der Waals surface area contributed by atoms with E-state index in [1.807, 2.05) is 0 Å². The van der Waals surface area contributed by atoms with Crippen molar-refractivity contribution in [2.45, 2.75) is 6.92 Å². The summed E-state index contributed by atoms with van der Waals surface area (Å²) in [6, 6.07) is 1.40. The number of aromatic nitrogens is 1. The summed E-state index contributed by atoms with van der Waals surface area (Å²) in [5.74, 6) is -0.504. The molecule has 0 fully saturated rings. The molecule has 65 valence electrons. The SMILES string of the molecule is COc1cc(C(=O)O)ncc1C.[K]. The summed E-state index contributed by atoms with van der Waals surface area (Å²) in [6.45, 7) is 1.80. The second-order valence-electron chi connectivity index (χ2n) is 2.34. The maximum absolute atomic E-state index is 10.5. The van der Waals surface area contributed by atoms with Crippen LogP contribution in [0.3, 0.4) is 0 Å². The Morgan fingerprint density at radius 3 is 2.69 bits per heavy atom. The van der Waals surface area contributed by atoms with E-state index in [-0.39, 0.29) is 57.1 Å². The van der Waals surface area contributed by atoms with Gasteiger partial charge in [0.15, 0.2) is 5.69 Å². The fraction of sp³-hybridized carbons (Fsp3) is 0.250. The van der Waals surface area contributed by atoms with E-state index in [4.69, 9.17) is 9.84 Å². The number of hydrogen-bond acceptors (Lipinski definition) is 3. The number of hydrogen-bond donors (Lipinski definition) is 1. The molecular formula is C8H9KNO3. The number of aryl methyl sites for hydroxylation is 1. The van der Waals surface area contributed by atoms with Gasteiger partial charge in [0.2, 0.25) is 0 Å². The molecule has 0 saturated heterocycles. The minimum absolute atomic E-state index is 0. The van der Waals surface area contributed by atoms with Crippen LogP contribution in [0.5, 0.6) is 5.75 Å². The van der Waals surface area contributed by atoms with E-state index in [0.717, 1.165) is 5.56 Å². The first-order valence-electron chi connectivity index (χ1n) is 3.39. The van der Waals surface area contributed by atoms with Crippen molar-refractivity contribution in [3.05, 3.63) is 23.5 Å². The summed E-state index contributed by atoms with van der Waals surface area (Å²) in [6.07, 6.45) is 1.47. The maximum Gasteiger partial charge on any atom is 0.354 e. The van der Waals surface area contributed by atoms with Gasteiger partial charge in [0.25, 0.3) is 0 Å². The molecule has 1 radical (unpaired) electrons. The number of carbonyl (C=O) groups is 1. The zero-order chi connectivity index (χ0) is 9.14. The molecular weight excluding hydrogens is 197 g/mol. The Morgan fingerprint density at radius 2 is 2.23 bits per heavy atom. The molecule has 4 nitrogen and oxygen atoms in total. The number of methoxy groups -OCH3 is 1. The first-order chi connectivity index (χ1) is 5.65. The van der Waals surface area contributed by atoms with Crippen LogP contribution in [0.15, 0.2) is 12.3 Å². The third-order valence-corrected chi connectivity index (χ3v) is 1.49. The van der Waals surface area contributed by atoms with Crippen LogP contribution in [0.4, 0.5) is 0 Å². The van der Waals surface area contributed by atoms with Crippen molar-refractivity contribution in [2.75, 3.05) is 7.11 Å². The topological polar surface area (TPSA) is 59.4 Å². The number of nitrogens with zero attached hydrogens (tertiary/aromatic N) is 1. The molecule has 0 atom stereocenters. The van der Waals surface area contributed by atoms with Gasteiger partial charge in [-0.2, -0.15) is 0 Å². The first-order valence-corrected chi connectivity index (χ1v) is 3.39. The molecule has 0 amide bonds. The molecule has 1 heterocycles. The van der Waals surface area contributed by atoms with Gasteiger partial charge in [0.05, 0.1) is 7.11 Å². The van der Waals surface area contributed by atoms with E-state index in [2.05, 4.69) is 4.98 Å². The number of ether oxygens (including phenoxy) is 1. The molecule has 1 rings (SSSR count). The summed E-state index contributed by atoms with van der Waals surface area (Å²) in [7, 11) is 1.49. The molecule has 1 aromatic heterocycles. The third-order valence-electron chi connectivity index (χ3n) is 1.49. The second kappa shape index (κ2) is 5.72. The Kier molecular flexibility index (Phi) is 5.74. The zero-order valence-electron chi connectivity index (χ0n) is 7.87. The van der Waals surface area contributed by atoms with Crippen molar-refractivity contribution in [3.8, 4) is 5.75 Å². The summed E-state index contributed by atoms with van der Waals surface area (Å²) < 4.78 is 4.93. The molecule has 1 aromatic rings. The van der Waals surface area contributed by atoms with Gasteiger partial charge in [-0.25, -0.2) is 9.78 Å². The number of pyridine rings is 1. The van der Waals surface area contributed by atoms with Crippen LogP contribution in [0.25, 0.3) is 0 Å². The van der Waals surface area contributed by atoms with Crippen LogP contribution in [0.1, 0.15) is 16.1 Å². The van der Waals surface area contributed by atoms with Crippen molar-refractivity contribution in [1.29, 1.82) is 0 Å². The zero-order valence-corrected chi connectivity index (χ0v) is 11.0. The van der Waals surface area contributed by atoms with Gasteiger partial charge >= 0.3 is 5.97 Å². The monoisotopic (exact) mass is 206 g/mol. The summed E-state index contributed by atoms with van der Waals surface area (Å²) in [5, 5.41) is 8.58. The minimum Gasteiger partial charge on any atom is -0.496 e. The Balaban J connectivity index is 0.00000144. The van der Waals surface area contributed by atoms with E-state index in [0.29, 0.717) is 5.75 Å². The molecule has 0 spiro atoms. The van der Waals surface area contributed by atoms with Gasteiger partial charge < -0.3 is 9.84 Å². The first kappa shape index (κ1) is 13.1. The van der Waals surface area contributed by atoms with Crippen LogP contribution in [-0.2, 0) is 0 Å². The molecule has 0 unspecified atom stereocenters. The minimum atomic E-state index is -1.05. The van der Waals surface area contributed by atoms with Gasteiger partial charge in [-0.05, 0) is 6.92 Å². The molecule has 5 heteroatoms. The van der Waals surface area contributed by atoms with E-state index in [1.54, 1.807) is 6.92 Å². The number of carboxylic acid groups (broad SMARTS) is 1. The fourth-order valence-corrected chi connectivity index (χ4v) is 0.842. The predicted octanol–water partition coefficient (Wildman–Crippen LogP) is 0.716.